The van der Waals surface area contributed by atoms with Gasteiger partial charge in [0.1, 0.15) is 0 Å². The van der Waals surface area contributed by atoms with Crippen LogP contribution in [0.3, 0.4) is 0 Å². The van der Waals surface area contributed by atoms with Gasteiger partial charge in [0.05, 0.1) is 6.61 Å². The van der Waals surface area contributed by atoms with Gasteiger partial charge in [0.2, 0.25) is 0 Å². The summed E-state index contributed by atoms with van der Waals surface area (Å²) in [7, 11) is 0. The summed E-state index contributed by atoms with van der Waals surface area (Å²) in [6.45, 7) is 2.24. The normalized spacial score (nSPS) is 28.8. The molecule has 1 rings (SSSR count). The van der Waals surface area contributed by atoms with Gasteiger partial charge in [0, 0.05) is 13.5 Å². The number of hydrogen-bond acceptors (Lipinski definition) is 3. The van der Waals surface area contributed by atoms with Crippen molar-refractivity contribution in [1.82, 2.24) is 0 Å². The van der Waals surface area contributed by atoms with Crippen molar-refractivity contribution in [3.05, 3.63) is 0 Å². The highest BCUT2D eigenvalue weighted by atomic mass is 16.5. The third-order valence-corrected chi connectivity index (χ3v) is 2.43. The summed E-state index contributed by atoms with van der Waals surface area (Å²) in [5.74, 6) is 0.707. The van der Waals surface area contributed by atoms with E-state index in [2.05, 4.69) is 0 Å². The molecule has 1 fully saturated rings. The Morgan fingerprint density at radius 3 is 2.67 bits per heavy atom. The predicted octanol–water partition coefficient (Wildman–Crippen LogP) is 0.958. The molecule has 0 aromatic rings. The first kappa shape index (κ1) is 9.52. The van der Waals surface area contributed by atoms with Crippen molar-refractivity contribution in [3.8, 4) is 0 Å². The number of hydrogen-bond donors (Lipinski definition) is 1. The second-order valence-corrected chi connectivity index (χ2v) is 3.53. The molecule has 0 bridgehead atoms. The Labute approximate surface area is 72.7 Å². The summed E-state index contributed by atoms with van der Waals surface area (Å²) in [4.78, 5) is 10.5. The van der Waals surface area contributed by atoms with Gasteiger partial charge in [-0.1, -0.05) is 0 Å². The standard InChI is InChI=1S/C9H16O3/c1-7(11)12-6-9-3-2-8(4-9)5-10/h8-10H,2-6H2,1H3/t8-,9+/m1/s1. The van der Waals surface area contributed by atoms with Gasteiger partial charge in [0.15, 0.2) is 0 Å². The molecule has 0 radical (unpaired) electrons. The van der Waals surface area contributed by atoms with Crippen LogP contribution >= 0.6 is 0 Å². The van der Waals surface area contributed by atoms with E-state index < -0.39 is 0 Å². The van der Waals surface area contributed by atoms with Crippen LogP contribution in [0.25, 0.3) is 0 Å². The lowest BCUT2D eigenvalue weighted by Crippen LogP contribution is -2.10. The van der Waals surface area contributed by atoms with Crippen LogP contribution in [0.15, 0.2) is 0 Å². The van der Waals surface area contributed by atoms with E-state index in [0.29, 0.717) is 18.4 Å². The molecule has 1 saturated carbocycles. The van der Waals surface area contributed by atoms with Crippen LogP contribution in [0.5, 0.6) is 0 Å². The molecule has 0 aliphatic heterocycles. The average Bonchev–Trinajstić information content (AvgIpc) is 2.48. The van der Waals surface area contributed by atoms with Gasteiger partial charge in [-0.05, 0) is 31.1 Å². The molecule has 0 unspecified atom stereocenters. The molecule has 70 valence electrons. The summed E-state index contributed by atoms with van der Waals surface area (Å²) < 4.78 is 4.90. The summed E-state index contributed by atoms with van der Waals surface area (Å²) in [6, 6.07) is 0. The number of carbonyl (C=O) groups is 1. The van der Waals surface area contributed by atoms with E-state index in [1.807, 2.05) is 0 Å². The predicted molar refractivity (Wildman–Crippen MR) is 44.5 cm³/mol. The molecule has 1 aliphatic rings. The quantitative estimate of drug-likeness (QED) is 0.645. The first-order chi connectivity index (χ1) is 5.72. The molecule has 0 aromatic carbocycles. The Hall–Kier alpha value is -0.570. The van der Waals surface area contributed by atoms with Gasteiger partial charge in [-0.3, -0.25) is 4.79 Å². The van der Waals surface area contributed by atoms with Crippen LogP contribution in [0.1, 0.15) is 26.2 Å². The molecule has 0 aromatic heterocycles. The lowest BCUT2D eigenvalue weighted by atomic mass is 10.1. The molecule has 0 saturated heterocycles. The molecule has 2 atom stereocenters. The molecule has 1 aliphatic carbocycles. The second-order valence-electron chi connectivity index (χ2n) is 3.53. The molecule has 1 N–H and O–H groups in total. The highest BCUT2D eigenvalue weighted by molar-refractivity contribution is 5.65. The first-order valence-electron chi connectivity index (χ1n) is 4.46. The van der Waals surface area contributed by atoms with E-state index in [9.17, 15) is 4.79 Å². The number of rotatable bonds is 3. The highest BCUT2D eigenvalue weighted by Gasteiger charge is 2.24. The van der Waals surface area contributed by atoms with E-state index in [0.717, 1.165) is 19.3 Å². The van der Waals surface area contributed by atoms with Crippen molar-refractivity contribution in [1.29, 1.82) is 0 Å². The Bertz CT molecular complexity index is 156. The third-order valence-electron chi connectivity index (χ3n) is 2.43. The van der Waals surface area contributed by atoms with Gasteiger partial charge < -0.3 is 9.84 Å². The molecular formula is C9H16O3. The van der Waals surface area contributed by atoms with E-state index in [1.54, 1.807) is 0 Å². The maximum absolute atomic E-state index is 10.5. The number of aliphatic hydroxyl groups excluding tert-OH is 1. The number of aliphatic hydroxyl groups is 1. The van der Waals surface area contributed by atoms with Crippen molar-refractivity contribution in [3.63, 3.8) is 0 Å². The fourth-order valence-electron chi connectivity index (χ4n) is 1.73. The van der Waals surface area contributed by atoms with Gasteiger partial charge in [-0.25, -0.2) is 0 Å². The second kappa shape index (κ2) is 4.45. The number of ether oxygens (including phenoxy) is 1. The fraction of sp³-hybridized carbons (Fsp3) is 0.889. The van der Waals surface area contributed by atoms with Crippen molar-refractivity contribution >= 4 is 5.97 Å². The molecule has 3 nitrogen and oxygen atoms in total. The zero-order valence-electron chi connectivity index (χ0n) is 7.45. The van der Waals surface area contributed by atoms with Crippen LogP contribution in [-0.2, 0) is 9.53 Å². The van der Waals surface area contributed by atoms with Crippen LogP contribution in [0.4, 0.5) is 0 Å². The first-order valence-corrected chi connectivity index (χ1v) is 4.46. The van der Waals surface area contributed by atoms with Crippen LogP contribution in [0.2, 0.25) is 0 Å². The molecular weight excluding hydrogens is 156 g/mol. The summed E-state index contributed by atoms with van der Waals surface area (Å²) in [5, 5.41) is 8.85. The monoisotopic (exact) mass is 172 g/mol. The maximum atomic E-state index is 10.5. The molecule has 0 spiro atoms. The van der Waals surface area contributed by atoms with E-state index >= 15 is 0 Å². The van der Waals surface area contributed by atoms with E-state index in [-0.39, 0.29) is 12.6 Å². The Kier molecular flexibility index (Phi) is 3.53. The minimum Gasteiger partial charge on any atom is -0.466 e. The smallest absolute Gasteiger partial charge is 0.302 e. The van der Waals surface area contributed by atoms with Crippen LogP contribution in [-0.4, -0.2) is 24.3 Å². The minimum atomic E-state index is -0.206. The van der Waals surface area contributed by atoms with Crippen molar-refractivity contribution in [2.75, 3.05) is 13.2 Å². The number of carbonyl (C=O) groups excluding carboxylic acids is 1. The highest BCUT2D eigenvalue weighted by Crippen LogP contribution is 2.30. The Balaban J connectivity index is 2.15. The lowest BCUT2D eigenvalue weighted by molar-refractivity contribution is -0.142. The van der Waals surface area contributed by atoms with Gasteiger partial charge in [-0.15, -0.1) is 0 Å². The average molecular weight is 172 g/mol. The molecule has 0 amide bonds. The Morgan fingerprint density at radius 1 is 1.50 bits per heavy atom. The molecule has 0 heterocycles. The van der Waals surface area contributed by atoms with Crippen molar-refractivity contribution in [2.24, 2.45) is 11.8 Å². The summed E-state index contributed by atoms with van der Waals surface area (Å²) >= 11 is 0. The van der Waals surface area contributed by atoms with E-state index in [4.69, 9.17) is 9.84 Å². The molecule has 3 heteroatoms. The van der Waals surface area contributed by atoms with Gasteiger partial charge in [0.25, 0.3) is 0 Å². The van der Waals surface area contributed by atoms with Crippen LogP contribution < -0.4 is 0 Å². The summed E-state index contributed by atoms with van der Waals surface area (Å²) in [6.07, 6.45) is 3.16. The van der Waals surface area contributed by atoms with Gasteiger partial charge in [-0.2, -0.15) is 0 Å². The minimum absolute atomic E-state index is 0.206. The maximum Gasteiger partial charge on any atom is 0.302 e. The van der Waals surface area contributed by atoms with Crippen LogP contribution in [0, 0.1) is 11.8 Å². The zero-order chi connectivity index (χ0) is 8.97. The fourth-order valence-corrected chi connectivity index (χ4v) is 1.73. The number of esters is 1. The zero-order valence-corrected chi connectivity index (χ0v) is 7.45. The van der Waals surface area contributed by atoms with Gasteiger partial charge >= 0.3 is 5.97 Å². The largest absolute Gasteiger partial charge is 0.466 e. The van der Waals surface area contributed by atoms with Crippen molar-refractivity contribution in [2.45, 2.75) is 26.2 Å². The topological polar surface area (TPSA) is 46.5 Å². The van der Waals surface area contributed by atoms with E-state index in [1.165, 1.54) is 6.92 Å². The SMILES string of the molecule is CC(=O)OC[C@H]1CC[C@@H](CO)C1. The van der Waals surface area contributed by atoms with Crippen molar-refractivity contribution < 1.29 is 14.6 Å². The lowest BCUT2D eigenvalue weighted by Gasteiger charge is -2.08. The summed E-state index contributed by atoms with van der Waals surface area (Å²) in [5.41, 5.74) is 0. The Morgan fingerprint density at radius 2 is 2.17 bits per heavy atom. The third kappa shape index (κ3) is 2.81. The molecule has 12 heavy (non-hydrogen) atoms.